The number of piperidine rings is 1. The highest BCUT2D eigenvalue weighted by atomic mass is 35.5. The summed E-state index contributed by atoms with van der Waals surface area (Å²) in [5.74, 6) is 0.783. The van der Waals surface area contributed by atoms with Gasteiger partial charge < -0.3 is 24.4 Å². The summed E-state index contributed by atoms with van der Waals surface area (Å²) in [5, 5.41) is 3.35. The third kappa shape index (κ3) is 6.44. The van der Waals surface area contributed by atoms with E-state index in [1.54, 1.807) is 12.1 Å². The van der Waals surface area contributed by atoms with Gasteiger partial charge in [-0.3, -0.25) is 9.69 Å². The second kappa shape index (κ2) is 10.8. The number of halogens is 1. The van der Waals surface area contributed by atoms with E-state index < -0.39 is 5.60 Å². The maximum atomic E-state index is 13.0. The van der Waals surface area contributed by atoms with Crippen LogP contribution in [0.15, 0.2) is 12.1 Å². The number of hydrogen-bond acceptors (Lipinski definition) is 6. The quantitative estimate of drug-likeness (QED) is 0.642. The molecule has 0 aromatic heterocycles. The van der Waals surface area contributed by atoms with Gasteiger partial charge in [0.05, 0.1) is 37.5 Å². The molecule has 3 rings (SSSR count). The third-order valence-corrected chi connectivity index (χ3v) is 6.43. The van der Waals surface area contributed by atoms with Gasteiger partial charge in [0.15, 0.2) is 0 Å². The van der Waals surface area contributed by atoms with Crippen molar-refractivity contribution in [3.63, 3.8) is 0 Å². The molecular weight excluding hydrogens is 446 g/mol. The molecule has 0 saturated carbocycles. The lowest BCUT2D eigenvalue weighted by Crippen LogP contribution is -2.55. The molecule has 184 valence electrons. The molecular formula is C24H36ClN3O5. The molecule has 2 heterocycles. The summed E-state index contributed by atoms with van der Waals surface area (Å²) in [5.41, 5.74) is -0.0248. The Morgan fingerprint density at radius 3 is 2.39 bits per heavy atom. The van der Waals surface area contributed by atoms with Crippen molar-refractivity contribution in [2.75, 3.05) is 39.2 Å². The van der Waals surface area contributed by atoms with Crippen LogP contribution >= 0.6 is 11.6 Å². The number of amides is 2. The number of methoxy groups -OCH3 is 2. The van der Waals surface area contributed by atoms with Crippen molar-refractivity contribution in [3.05, 3.63) is 17.2 Å². The molecule has 2 saturated heterocycles. The van der Waals surface area contributed by atoms with E-state index in [4.69, 9.17) is 25.8 Å². The van der Waals surface area contributed by atoms with Crippen LogP contribution in [0.4, 0.5) is 10.5 Å². The number of carbonyl (C=O) groups excluding carboxylic acids is 2. The van der Waals surface area contributed by atoms with Gasteiger partial charge in [-0.1, -0.05) is 18.0 Å². The molecule has 1 N–H and O–H groups in total. The Bertz CT molecular complexity index is 857. The summed E-state index contributed by atoms with van der Waals surface area (Å²) in [6.45, 7) is 7.39. The molecule has 8 nitrogen and oxygen atoms in total. The average Bonchev–Trinajstić information content (AvgIpc) is 3.23. The molecule has 33 heavy (non-hydrogen) atoms. The molecule has 2 aliphatic heterocycles. The molecule has 0 aliphatic carbocycles. The van der Waals surface area contributed by atoms with Crippen molar-refractivity contribution in [2.24, 2.45) is 0 Å². The van der Waals surface area contributed by atoms with Crippen LogP contribution in [0.1, 0.15) is 52.9 Å². The number of hydrogen-bond donors (Lipinski definition) is 1. The number of nitrogens with zero attached hydrogens (tertiary/aromatic N) is 2. The van der Waals surface area contributed by atoms with Gasteiger partial charge in [-0.15, -0.1) is 0 Å². The largest absolute Gasteiger partial charge is 0.495 e. The van der Waals surface area contributed by atoms with E-state index in [1.807, 2.05) is 25.7 Å². The maximum absolute atomic E-state index is 13.0. The first-order valence-electron chi connectivity index (χ1n) is 11.6. The lowest BCUT2D eigenvalue weighted by atomic mass is 9.94. The Kier molecular flexibility index (Phi) is 8.34. The van der Waals surface area contributed by atoms with Crippen LogP contribution in [-0.4, -0.2) is 73.3 Å². The zero-order valence-corrected chi connectivity index (χ0v) is 21.0. The zero-order valence-electron chi connectivity index (χ0n) is 20.3. The minimum absolute atomic E-state index is 0.0538. The predicted octanol–water partition coefficient (Wildman–Crippen LogP) is 4.55. The van der Waals surface area contributed by atoms with Gasteiger partial charge in [-0.25, -0.2) is 4.79 Å². The van der Waals surface area contributed by atoms with Crippen LogP contribution in [-0.2, 0) is 9.53 Å². The first-order chi connectivity index (χ1) is 15.6. The second-order valence-corrected chi connectivity index (χ2v) is 10.1. The van der Waals surface area contributed by atoms with E-state index >= 15 is 0 Å². The number of benzene rings is 1. The molecule has 2 atom stereocenters. The normalized spacial score (nSPS) is 21.6. The van der Waals surface area contributed by atoms with Crippen LogP contribution < -0.4 is 14.8 Å². The van der Waals surface area contributed by atoms with Crippen molar-refractivity contribution < 1.29 is 23.8 Å². The van der Waals surface area contributed by atoms with Gasteiger partial charge in [0, 0.05) is 24.7 Å². The lowest BCUT2D eigenvalue weighted by Gasteiger charge is -2.42. The number of carbonyl (C=O) groups is 2. The first-order valence-corrected chi connectivity index (χ1v) is 12.0. The molecule has 1 aromatic rings. The van der Waals surface area contributed by atoms with Crippen LogP contribution in [0.25, 0.3) is 0 Å². The summed E-state index contributed by atoms with van der Waals surface area (Å²) in [4.78, 5) is 29.9. The van der Waals surface area contributed by atoms with E-state index in [1.165, 1.54) is 14.2 Å². The van der Waals surface area contributed by atoms with Crippen molar-refractivity contribution in [3.8, 4) is 11.5 Å². The van der Waals surface area contributed by atoms with Crippen molar-refractivity contribution in [2.45, 2.75) is 70.6 Å². The molecule has 2 aliphatic rings. The van der Waals surface area contributed by atoms with Crippen LogP contribution in [0.5, 0.6) is 11.5 Å². The van der Waals surface area contributed by atoms with E-state index in [2.05, 4.69) is 10.2 Å². The average molecular weight is 482 g/mol. The van der Waals surface area contributed by atoms with Crippen LogP contribution in [0.3, 0.4) is 0 Å². The third-order valence-electron chi connectivity index (χ3n) is 6.13. The molecule has 2 amide bonds. The van der Waals surface area contributed by atoms with E-state index in [0.717, 1.165) is 38.6 Å². The predicted molar refractivity (Wildman–Crippen MR) is 128 cm³/mol. The Balaban J connectivity index is 1.71. The van der Waals surface area contributed by atoms with Gasteiger partial charge in [0.25, 0.3) is 0 Å². The number of nitrogens with one attached hydrogen (secondary N) is 1. The zero-order chi connectivity index (χ0) is 24.2. The molecule has 0 radical (unpaired) electrons. The smallest absolute Gasteiger partial charge is 0.410 e. The number of likely N-dealkylation sites (tertiary alicyclic amines) is 2. The molecule has 1 aromatic carbocycles. The van der Waals surface area contributed by atoms with Gasteiger partial charge in [-0.05, 0) is 53.0 Å². The molecule has 0 bridgehead atoms. The highest BCUT2D eigenvalue weighted by Crippen LogP contribution is 2.36. The fourth-order valence-electron chi connectivity index (χ4n) is 4.72. The maximum Gasteiger partial charge on any atom is 0.410 e. The summed E-state index contributed by atoms with van der Waals surface area (Å²) >= 11 is 6.18. The fourth-order valence-corrected chi connectivity index (χ4v) is 4.95. The lowest BCUT2D eigenvalue weighted by molar-refractivity contribution is -0.118. The van der Waals surface area contributed by atoms with Gasteiger partial charge >= 0.3 is 6.09 Å². The summed E-state index contributed by atoms with van der Waals surface area (Å²) in [6.07, 6.45) is 4.67. The van der Waals surface area contributed by atoms with Crippen molar-refractivity contribution >= 4 is 29.3 Å². The standard InChI is InChI=1S/C24H36ClN3O5/c1-24(2,3)33-23(30)28-12-8-10-19(28)18-9-6-7-11-27(18)15-22(29)26-17-14-20(31-4)16(25)13-21(17)32-5/h13-14,18-19H,6-12,15H2,1-5H3,(H,26,29). The highest BCUT2D eigenvalue weighted by Gasteiger charge is 2.40. The minimum Gasteiger partial charge on any atom is -0.495 e. The summed E-state index contributed by atoms with van der Waals surface area (Å²) in [6, 6.07) is 3.46. The number of anilines is 1. The first kappa shape index (κ1) is 25.4. The second-order valence-electron chi connectivity index (χ2n) is 9.65. The van der Waals surface area contributed by atoms with Crippen LogP contribution in [0.2, 0.25) is 5.02 Å². The number of ether oxygens (including phenoxy) is 3. The van der Waals surface area contributed by atoms with Crippen molar-refractivity contribution in [1.29, 1.82) is 0 Å². The fraction of sp³-hybridized carbons (Fsp3) is 0.667. The highest BCUT2D eigenvalue weighted by molar-refractivity contribution is 6.32. The monoisotopic (exact) mass is 481 g/mol. The van der Waals surface area contributed by atoms with E-state index in [9.17, 15) is 9.59 Å². The Labute approximate surface area is 201 Å². The van der Waals surface area contributed by atoms with Crippen molar-refractivity contribution in [1.82, 2.24) is 9.80 Å². The van der Waals surface area contributed by atoms with Gasteiger partial charge in [0.1, 0.15) is 17.1 Å². The molecule has 2 fully saturated rings. The van der Waals surface area contributed by atoms with Crippen LogP contribution in [0, 0.1) is 0 Å². The van der Waals surface area contributed by atoms with E-state index in [0.29, 0.717) is 28.8 Å². The van der Waals surface area contributed by atoms with E-state index in [-0.39, 0.29) is 30.6 Å². The Morgan fingerprint density at radius 2 is 1.73 bits per heavy atom. The molecule has 9 heteroatoms. The van der Waals surface area contributed by atoms with Gasteiger partial charge in [-0.2, -0.15) is 0 Å². The Hall–Kier alpha value is -2.19. The molecule has 0 spiro atoms. The van der Waals surface area contributed by atoms with Gasteiger partial charge in [0.2, 0.25) is 5.91 Å². The number of rotatable bonds is 6. The minimum atomic E-state index is -0.533. The Morgan fingerprint density at radius 1 is 1.03 bits per heavy atom. The summed E-state index contributed by atoms with van der Waals surface area (Å²) < 4.78 is 16.3. The SMILES string of the molecule is COc1cc(NC(=O)CN2CCCCC2C2CCCN2C(=O)OC(C)(C)C)c(OC)cc1Cl. The topological polar surface area (TPSA) is 80.3 Å². The summed E-state index contributed by atoms with van der Waals surface area (Å²) in [7, 11) is 3.05. The molecule has 2 unspecified atom stereocenters.